The molecule has 2 aromatic rings. The predicted octanol–water partition coefficient (Wildman–Crippen LogP) is 5.52. The molecule has 0 saturated carbocycles. The van der Waals surface area contributed by atoms with Gasteiger partial charge in [0.1, 0.15) is 0 Å². The van der Waals surface area contributed by atoms with E-state index < -0.39 is 0 Å². The number of halogens is 3. The lowest BCUT2D eigenvalue weighted by atomic mass is 9.99. The highest BCUT2D eigenvalue weighted by atomic mass is 127. The summed E-state index contributed by atoms with van der Waals surface area (Å²) in [5.41, 5.74) is 2.53. The molecule has 0 aliphatic carbocycles. The average molecular weight is 495 g/mol. The minimum atomic E-state index is 0.203. The van der Waals surface area contributed by atoms with Gasteiger partial charge in [0, 0.05) is 12.5 Å². The molecule has 0 spiro atoms. The van der Waals surface area contributed by atoms with Crippen LogP contribution in [-0.2, 0) is 0 Å². The molecule has 0 aliphatic heterocycles. The van der Waals surface area contributed by atoms with Crippen molar-refractivity contribution in [2.24, 2.45) is 0 Å². The van der Waals surface area contributed by atoms with Gasteiger partial charge in [-0.3, -0.25) is 0 Å². The summed E-state index contributed by atoms with van der Waals surface area (Å²) in [7, 11) is 0. The number of hydrogen-bond donors (Lipinski definition) is 1. The van der Waals surface area contributed by atoms with Crippen LogP contribution in [0.4, 0.5) is 0 Å². The first kappa shape index (κ1) is 15.5. The second-order valence-corrected chi connectivity index (χ2v) is 7.22. The molecule has 1 unspecified atom stereocenters. The Kier molecular flexibility index (Phi) is 5.87. The lowest BCUT2D eigenvalue weighted by Gasteiger charge is -2.20. The van der Waals surface area contributed by atoms with Crippen LogP contribution >= 0.6 is 54.5 Å². The van der Waals surface area contributed by atoms with Crippen molar-refractivity contribution in [1.82, 2.24) is 5.32 Å². The molecule has 2 rings (SSSR count). The highest BCUT2D eigenvalue weighted by Gasteiger charge is 2.16. The van der Waals surface area contributed by atoms with Gasteiger partial charge in [0.05, 0.1) is 6.04 Å². The molecule has 0 aliphatic rings. The Morgan fingerprint density at radius 1 is 1.11 bits per heavy atom. The van der Waals surface area contributed by atoms with Gasteiger partial charge in [-0.05, 0) is 70.6 Å². The van der Waals surface area contributed by atoms with Crippen molar-refractivity contribution in [3.63, 3.8) is 0 Å². The average Bonchev–Trinajstić information content (AvgIpc) is 2.40. The third-order valence-corrected chi connectivity index (χ3v) is 4.82. The molecule has 0 radical (unpaired) electrons. The first-order valence-electron chi connectivity index (χ1n) is 6.05. The van der Waals surface area contributed by atoms with E-state index in [1.165, 1.54) is 14.7 Å². The summed E-state index contributed by atoms with van der Waals surface area (Å²) in [5, 5.41) is 3.55. The highest BCUT2D eigenvalue weighted by Crippen LogP contribution is 2.31. The SMILES string of the molecule is CCNC(c1ccc(I)cc1)c1cc(Br)ccc1Br. The van der Waals surface area contributed by atoms with Gasteiger partial charge in [-0.2, -0.15) is 0 Å². The van der Waals surface area contributed by atoms with Crippen molar-refractivity contribution in [3.8, 4) is 0 Å². The quantitative estimate of drug-likeness (QED) is 0.552. The van der Waals surface area contributed by atoms with Crippen molar-refractivity contribution in [1.29, 1.82) is 0 Å². The minimum absolute atomic E-state index is 0.203. The third-order valence-electron chi connectivity index (χ3n) is 2.88. The van der Waals surface area contributed by atoms with E-state index >= 15 is 0 Å². The summed E-state index contributed by atoms with van der Waals surface area (Å²) in [5.74, 6) is 0. The first-order chi connectivity index (χ1) is 9.11. The van der Waals surface area contributed by atoms with Gasteiger partial charge in [-0.25, -0.2) is 0 Å². The minimum Gasteiger partial charge on any atom is -0.306 e. The Morgan fingerprint density at radius 2 is 1.79 bits per heavy atom. The lowest BCUT2D eigenvalue weighted by molar-refractivity contribution is 0.628. The lowest BCUT2D eigenvalue weighted by Crippen LogP contribution is -2.22. The molecule has 0 saturated heterocycles. The summed E-state index contributed by atoms with van der Waals surface area (Å²) in [4.78, 5) is 0. The Balaban J connectivity index is 2.44. The van der Waals surface area contributed by atoms with Gasteiger partial charge in [0.25, 0.3) is 0 Å². The molecule has 0 aromatic heterocycles. The standard InChI is InChI=1S/C15H14Br2IN/c1-2-19-15(10-3-6-12(18)7-4-10)13-9-11(16)5-8-14(13)17/h3-9,15,19H,2H2,1H3. The smallest absolute Gasteiger partial charge is 0.0588 e. The molecule has 19 heavy (non-hydrogen) atoms. The van der Waals surface area contributed by atoms with E-state index in [4.69, 9.17) is 0 Å². The van der Waals surface area contributed by atoms with Crippen LogP contribution in [0, 0.1) is 3.57 Å². The van der Waals surface area contributed by atoms with E-state index in [0.717, 1.165) is 15.5 Å². The van der Waals surface area contributed by atoms with Crippen molar-refractivity contribution in [3.05, 3.63) is 66.1 Å². The van der Waals surface area contributed by atoms with Gasteiger partial charge < -0.3 is 5.32 Å². The van der Waals surface area contributed by atoms with Crippen LogP contribution in [-0.4, -0.2) is 6.54 Å². The Hall–Kier alpha value is 0.0900. The summed E-state index contributed by atoms with van der Waals surface area (Å²) in [6.07, 6.45) is 0. The molecule has 4 heteroatoms. The van der Waals surface area contributed by atoms with Gasteiger partial charge in [0.15, 0.2) is 0 Å². The van der Waals surface area contributed by atoms with Crippen molar-refractivity contribution in [2.45, 2.75) is 13.0 Å². The zero-order valence-electron chi connectivity index (χ0n) is 10.5. The Labute approximate surface area is 144 Å². The van der Waals surface area contributed by atoms with Gasteiger partial charge in [-0.15, -0.1) is 0 Å². The third kappa shape index (κ3) is 4.03. The van der Waals surface area contributed by atoms with Gasteiger partial charge in [-0.1, -0.05) is 50.9 Å². The summed E-state index contributed by atoms with van der Waals surface area (Å²) >= 11 is 9.53. The fraction of sp³-hybridized carbons (Fsp3) is 0.200. The molecule has 0 fully saturated rings. The van der Waals surface area contributed by atoms with E-state index in [1.54, 1.807) is 0 Å². The Bertz CT molecular complexity index is 555. The molecular formula is C15H14Br2IN. The van der Waals surface area contributed by atoms with Crippen LogP contribution in [0.1, 0.15) is 24.1 Å². The summed E-state index contributed by atoms with van der Waals surface area (Å²) in [6.45, 7) is 3.06. The zero-order valence-corrected chi connectivity index (χ0v) is 15.8. The second-order valence-electron chi connectivity index (χ2n) is 4.21. The monoisotopic (exact) mass is 493 g/mol. The maximum atomic E-state index is 3.65. The molecule has 1 N–H and O–H groups in total. The van der Waals surface area contributed by atoms with Crippen LogP contribution in [0.3, 0.4) is 0 Å². The maximum absolute atomic E-state index is 3.65. The van der Waals surface area contributed by atoms with Crippen LogP contribution in [0.15, 0.2) is 51.4 Å². The largest absolute Gasteiger partial charge is 0.306 e. The molecular weight excluding hydrogens is 481 g/mol. The molecule has 1 nitrogen and oxygen atoms in total. The maximum Gasteiger partial charge on any atom is 0.0588 e. The van der Waals surface area contributed by atoms with E-state index in [2.05, 4.69) is 103 Å². The number of nitrogens with one attached hydrogen (secondary N) is 1. The zero-order chi connectivity index (χ0) is 13.8. The Morgan fingerprint density at radius 3 is 2.42 bits per heavy atom. The van der Waals surface area contributed by atoms with Gasteiger partial charge in [0.2, 0.25) is 0 Å². The van der Waals surface area contributed by atoms with E-state index in [9.17, 15) is 0 Å². The van der Waals surface area contributed by atoms with Crippen LogP contribution in [0.25, 0.3) is 0 Å². The molecule has 0 heterocycles. The molecule has 0 amide bonds. The van der Waals surface area contributed by atoms with Crippen molar-refractivity contribution >= 4 is 54.5 Å². The molecule has 1 atom stereocenters. The molecule has 100 valence electrons. The summed E-state index contributed by atoms with van der Waals surface area (Å²) in [6, 6.07) is 15.1. The topological polar surface area (TPSA) is 12.0 Å². The van der Waals surface area contributed by atoms with E-state index in [-0.39, 0.29) is 6.04 Å². The van der Waals surface area contributed by atoms with Crippen LogP contribution in [0.2, 0.25) is 0 Å². The molecule has 0 bridgehead atoms. The van der Waals surface area contributed by atoms with Crippen molar-refractivity contribution in [2.75, 3.05) is 6.54 Å². The number of rotatable bonds is 4. The first-order valence-corrected chi connectivity index (χ1v) is 8.72. The van der Waals surface area contributed by atoms with Crippen LogP contribution in [0.5, 0.6) is 0 Å². The molecule has 2 aromatic carbocycles. The van der Waals surface area contributed by atoms with Gasteiger partial charge >= 0.3 is 0 Å². The highest BCUT2D eigenvalue weighted by molar-refractivity contribution is 14.1. The predicted molar refractivity (Wildman–Crippen MR) is 96.5 cm³/mol. The van der Waals surface area contributed by atoms with Crippen molar-refractivity contribution < 1.29 is 0 Å². The van der Waals surface area contributed by atoms with E-state index in [1.807, 2.05) is 6.07 Å². The number of hydrogen-bond acceptors (Lipinski definition) is 1. The second kappa shape index (κ2) is 7.20. The fourth-order valence-electron chi connectivity index (χ4n) is 2.00. The summed E-state index contributed by atoms with van der Waals surface area (Å²) < 4.78 is 3.48. The van der Waals surface area contributed by atoms with Crippen LogP contribution < -0.4 is 5.32 Å². The number of benzene rings is 2. The fourth-order valence-corrected chi connectivity index (χ4v) is 3.22. The normalized spacial score (nSPS) is 12.4. The van der Waals surface area contributed by atoms with E-state index in [0.29, 0.717) is 0 Å².